The van der Waals surface area contributed by atoms with Crippen LogP contribution in [0.5, 0.6) is 0 Å². The summed E-state index contributed by atoms with van der Waals surface area (Å²) >= 11 is 0. The molecule has 0 amide bonds. The van der Waals surface area contributed by atoms with Gasteiger partial charge >= 0.3 is 35.8 Å². The summed E-state index contributed by atoms with van der Waals surface area (Å²) < 4.78 is 0. The van der Waals surface area contributed by atoms with E-state index in [1.807, 2.05) is 0 Å². The van der Waals surface area contributed by atoms with E-state index in [-0.39, 0.29) is 27.9 Å². The van der Waals surface area contributed by atoms with Crippen molar-refractivity contribution in [3.63, 3.8) is 0 Å². The van der Waals surface area contributed by atoms with Gasteiger partial charge in [-0.3, -0.25) is 19.2 Å². The molecule has 0 atom stereocenters. The minimum absolute atomic E-state index is 0. The van der Waals surface area contributed by atoms with Crippen molar-refractivity contribution < 1.29 is 91.3 Å². The minimum atomic E-state index is -2.74. The van der Waals surface area contributed by atoms with Gasteiger partial charge in [-0.1, -0.05) is 0 Å². The quantitative estimate of drug-likeness (QED) is 0.158. The fourth-order valence-corrected chi connectivity index (χ4v) is 1.43. The van der Waals surface area contributed by atoms with Gasteiger partial charge < -0.3 is 47.0 Å². The van der Waals surface area contributed by atoms with Crippen molar-refractivity contribution in [3.8, 4) is 0 Å². The standard InChI is InChI=1S/2C6H8O7.H3N.Ti/c2*7-3(8)1-6(13,5(11)12)2-4(9)10;;/h2*13H,1-2H2,(H,7,8)(H,9,10)(H,11,12);1H3;. The van der Waals surface area contributed by atoms with Crippen LogP contribution in [0.2, 0.25) is 0 Å². The Morgan fingerprint density at radius 3 is 0.714 bits per heavy atom. The van der Waals surface area contributed by atoms with Crippen molar-refractivity contribution in [3.05, 3.63) is 0 Å². The van der Waals surface area contributed by atoms with Gasteiger partial charge in [0.1, 0.15) is 0 Å². The smallest absolute Gasteiger partial charge is 0.336 e. The van der Waals surface area contributed by atoms with Gasteiger partial charge in [0.2, 0.25) is 0 Å². The van der Waals surface area contributed by atoms with Crippen LogP contribution in [-0.4, -0.2) is 87.9 Å². The Hall–Kier alpha value is -2.59. The average Bonchev–Trinajstić information content (AvgIpc) is 2.34. The van der Waals surface area contributed by atoms with Crippen molar-refractivity contribution in [1.29, 1.82) is 0 Å². The van der Waals surface area contributed by atoms with Crippen molar-refractivity contribution in [2.24, 2.45) is 0 Å². The van der Waals surface area contributed by atoms with Gasteiger partial charge in [0.05, 0.1) is 25.7 Å². The molecule has 16 heteroatoms. The molecule has 0 aromatic rings. The molecule has 0 saturated carbocycles. The van der Waals surface area contributed by atoms with Gasteiger partial charge in [-0.25, -0.2) is 9.59 Å². The summed E-state index contributed by atoms with van der Waals surface area (Å²) in [7, 11) is 0. The first-order chi connectivity index (χ1) is 11.6. The monoisotopic (exact) mass is 449 g/mol. The van der Waals surface area contributed by atoms with E-state index in [0.29, 0.717) is 0 Å². The van der Waals surface area contributed by atoms with Crippen LogP contribution in [0, 0.1) is 0 Å². The van der Waals surface area contributed by atoms with E-state index < -0.39 is 72.7 Å². The average molecular weight is 449 g/mol. The third-order valence-electron chi connectivity index (χ3n) is 2.57. The molecule has 0 aromatic carbocycles. The topological polar surface area (TPSA) is 299 Å². The van der Waals surface area contributed by atoms with Crippen molar-refractivity contribution in [2.45, 2.75) is 36.9 Å². The Morgan fingerprint density at radius 1 is 0.500 bits per heavy atom. The maximum Gasteiger partial charge on any atom is 0.336 e. The molecular formula is C12H19NO14Ti. The number of carboxylic acid groups (broad SMARTS) is 6. The SMILES string of the molecule is N.O=C(O)CC(O)(CC(=O)O)C(=O)O.O=C(O)CC(O)(CC(=O)O)C(=O)O.[Ti]. The predicted molar refractivity (Wildman–Crippen MR) is 79.2 cm³/mol. The Bertz CT molecular complexity index is 519. The molecule has 160 valence electrons. The number of aliphatic carboxylic acids is 6. The van der Waals surface area contributed by atoms with Gasteiger partial charge in [0.15, 0.2) is 11.2 Å². The van der Waals surface area contributed by atoms with Crippen LogP contribution in [-0.2, 0) is 50.5 Å². The number of hydrogen-bond donors (Lipinski definition) is 9. The van der Waals surface area contributed by atoms with E-state index in [2.05, 4.69) is 0 Å². The molecule has 0 radical (unpaired) electrons. The second-order valence-corrected chi connectivity index (χ2v) is 4.96. The van der Waals surface area contributed by atoms with E-state index >= 15 is 0 Å². The Labute approximate surface area is 170 Å². The van der Waals surface area contributed by atoms with Gasteiger partial charge in [-0.05, 0) is 0 Å². The van der Waals surface area contributed by atoms with Crippen LogP contribution in [0.1, 0.15) is 25.7 Å². The number of carbonyl (C=O) groups is 6. The third kappa shape index (κ3) is 13.6. The summed E-state index contributed by atoms with van der Waals surface area (Å²) in [6, 6.07) is 0. The molecule has 0 fully saturated rings. The van der Waals surface area contributed by atoms with E-state index in [4.69, 9.17) is 40.9 Å². The van der Waals surface area contributed by atoms with Crippen molar-refractivity contribution in [2.75, 3.05) is 0 Å². The van der Waals surface area contributed by atoms with Crippen molar-refractivity contribution >= 4 is 35.8 Å². The first kappa shape index (κ1) is 33.0. The summed E-state index contributed by atoms with van der Waals surface area (Å²) in [5.41, 5.74) is -5.48. The fraction of sp³-hybridized carbons (Fsp3) is 0.500. The molecule has 0 spiro atoms. The van der Waals surface area contributed by atoms with Crippen molar-refractivity contribution in [1.82, 2.24) is 6.15 Å². The molecule has 0 aliphatic heterocycles. The molecule has 0 aromatic heterocycles. The largest absolute Gasteiger partial charge is 0.481 e. The van der Waals surface area contributed by atoms with Crippen LogP contribution >= 0.6 is 0 Å². The van der Waals surface area contributed by atoms with Crippen LogP contribution < -0.4 is 6.15 Å². The van der Waals surface area contributed by atoms with Crippen LogP contribution in [0.3, 0.4) is 0 Å². The third-order valence-corrected chi connectivity index (χ3v) is 2.57. The zero-order valence-corrected chi connectivity index (χ0v) is 15.6. The fourth-order valence-electron chi connectivity index (χ4n) is 1.43. The summed E-state index contributed by atoms with van der Waals surface area (Å²) in [5, 5.41) is 67.6. The first-order valence-corrected chi connectivity index (χ1v) is 6.34. The summed E-state index contributed by atoms with van der Waals surface area (Å²) in [6.45, 7) is 0. The van der Waals surface area contributed by atoms with Gasteiger partial charge in [-0.15, -0.1) is 0 Å². The molecule has 0 unspecified atom stereocenters. The number of hydrogen-bond acceptors (Lipinski definition) is 9. The Balaban J connectivity index is -0.000000192. The molecule has 0 aliphatic carbocycles. The maximum absolute atomic E-state index is 10.3. The number of carboxylic acids is 6. The molecule has 28 heavy (non-hydrogen) atoms. The van der Waals surface area contributed by atoms with Crippen LogP contribution in [0.4, 0.5) is 0 Å². The molecule has 0 saturated heterocycles. The normalized spacial score (nSPS) is 10.1. The zero-order valence-electron chi connectivity index (χ0n) is 14.1. The Morgan fingerprint density at radius 2 is 0.643 bits per heavy atom. The molecule has 0 aliphatic rings. The second-order valence-electron chi connectivity index (χ2n) is 4.96. The summed E-state index contributed by atoms with van der Waals surface area (Å²) in [5.74, 6) is -10.0. The van der Waals surface area contributed by atoms with E-state index in [9.17, 15) is 28.8 Å². The zero-order chi connectivity index (χ0) is 21.3. The second kappa shape index (κ2) is 13.6. The molecule has 0 rings (SSSR count). The van der Waals surface area contributed by atoms with E-state index in [0.717, 1.165) is 0 Å². The summed E-state index contributed by atoms with van der Waals surface area (Å²) in [4.78, 5) is 61.0. The first-order valence-electron chi connectivity index (χ1n) is 6.34. The van der Waals surface area contributed by atoms with E-state index in [1.54, 1.807) is 0 Å². The molecule has 0 heterocycles. The number of aliphatic hydroxyl groups is 2. The molecule has 15 nitrogen and oxygen atoms in total. The van der Waals surface area contributed by atoms with Gasteiger partial charge in [0, 0.05) is 21.7 Å². The van der Waals surface area contributed by atoms with E-state index in [1.165, 1.54) is 0 Å². The minimum Gasteiger partial charge on any atom is -0.481 e. The Kier molecular flexibility index (Phi) is 16.0. The van der Waals surface area contributed by atoms with Gasteiger partial charge in [0.25, 0.3) is 0 Å². The number of rotatable bonds is 10. The predicted octanol–water partition coefficient (Wildman–Crippen LogP) is -2.34. The van der Waals surface area contributed by atoms with Gasteiger partial charge in [-0.2, -0.15) is 0 Å². The molecule has 0 bridgehead atoms. The molecule has 11 N–H and O–H groups in total. The van der Waals surface area contributed by atoms with Crippen LogP contribution in [0.15, 0.2) is 0 Å². The van der Waals surface area contributed by atoms with Crippen LogP contribution in [0.25, 0.3) is 0 Å². The maximum atomic E-state index is 10.3. The summed E-state index contributed by atoms with van der Waals surface area (Å²) in [6.07, 6.45) is -4.58. The molecular weight excluding hydrogens is 430 g/mol.